The van der Waals surface area contributed by atoms with Gasteiger partial charge in [-0.15, -0.1) is 0 Å². The maximum atomic E-state index is 2.39. The van der Waals surface area contributed by atoms with Crippen molar-refractivity contribution in [2.45, 2.75) is 0 Å². The molecule has 0 saturated carbocycles. The van der Waals surface area contributed by atoms with E-state index < -0.39 is 31.7 Å². The fraction of sp³-hybridized carbons (Fsp3) is 0. The van der Waals surface area contributed by atoms with E-state index in [0.717, 1.165) is 0 Å². The van der Waals surface area contributed by atoms with Gasteiger partial charge in [0, 0.05) is 0 Å². The third-order valence-electron chi connectivity index (χ3n) is 14.0. The number of rotatable bonds is 16. The van der Waals surface area contributed by atoms with Gasteiger partial charge in [-0.05, 0) is 129 Å². The van der Waals surface area contributed by atoms with E-state index >= 15 is 0 Å². The van der Waals surface area contributed by atoms with Crippen LogP contribution in [0.4, 0.5) is 0 Å². The lowest BCUT2D eigenvalue weighted by atomic mass is 9.86. The van der Waals surface area contributed by atoms with Crippen LogP contribution in [0.15, 0.2) is 340 Å². The van der Waals surface area contributed by atoms with Gasteiger partial charge in [0.15, 0.2) is 0 Å². The fourth-order valence-corrected chi connectivity index (χ4v) is 19.6. The second-order valence-electron chi connectivity index (χ2n) is 19.0. The lowest BCUT2D eigenvalue weighted by Crippen LogP contribution is -2.21. The molecular weight excluding hydrogens is 1010 g/mol. The van der Waals surface area contributed by atoms with Crippen molar-refractivity contribution < 1.29 is 0 Å². The van der Waals surface area contributed by atoms with Gasteiger partial charge in [-0.25, -0.2) is 0 Å². The Balaban J connectivity index is 1.07. The highest BCUT2D eigenvalue weighted by Crippen LogP contribution is 2.42. The molecule has 0 saturated heterocycles. The molecular formula is C74H56P4. The molecule has 0 spiro atoms. The standard InChI is InChI=1S/C74H56P4/c1-9-25-61(26-10-1)75(62-27-11-2-12-28-62)69-49-41-57(42-50-69)73(58-43-51-70(52-44-58)76(63-29-13-3-14-30-63)64-31-15-4-16-32-64)74(59-45-53-71(54-46-59)77(65-33-17-5-18-34-65)66-35-19-6-20-36-66)60-47-55-72(56-48-60)78(67-37-21-7-22-38-67)68-39-23-8-24-40-68/h1-56H. The van der Waals surface area contributed by atoms with Crippen LogP contribution in [0.1, 0.15) is 22.3 Å². The molecule has 0 amide bonds. The molecule has 78 heavy (non-hydrogen) atoms. The monoisotopic (exact) mass is 1070 g/mol. The molecule has 372 valence electrons. The summed E-state index contributed by atoms with van der Waals surface area (Å²) in [4.78, 5) is 0. The van der Waals surface area contributed by atoms with E-state index in [1.807, 2.05) is 0 Å². The molecule has 12 aromatic carbocycles. The van der Waals surface area contributed by atoms with Crippen molar-refractivity contribution in [3.8, 4) is 0 Å². The lowest BCUT2D eigenvalue weighted by Gasteiger charge is -2.24. The Labute approximate surface area is 465 Å². The Morgan fingerprint density at radius 3 is 0.372 bits per heavy atom. The fourth-order valence-electron chi connectivity index (χ4n) is 10.4. The summed E-state index contributed by atoms with van der Waals surface area (Å²) >= 11 is 0. The molecule has 0 N–H and O–H groups in total. The van der Waals surface area contributed by atoms with E-state index in [-0.39, 0.29) is 0 Å². The molecule has 0 aromatic heterocycles. The molecule has 0 fully saturated rings. The van der Waals surface area contributed by atoms with Crippen LogP contribution >= 0.6 is 31.7 Å². The van der Waals surface area contributed by atoms with Crippen LogP contribution in [0.3, 0.4) is 0 Å². The molecule has 12 rings (SSSR count). The van der Waals surface area contributed by atoms with E-state index in [2.05, 4.69) is 340 Å². The maximum absolute atomic E-state index is 2.39. The van der Waals surface area contributed by atoms with Crippen LogP contribution in [0.5, 0.6) is 0 Å². The van der Waals surface area contributed by atoms with Crippen molar-refractivity contribution in [3.63, 3.8) is 0 Å². The zero-order valence-corrected chi connectivity index (χ0v) is 46.7. The number of hydrogen-bond acceptors (Lipinski definition) is 0. The molecule has 0 radical (unpaired) electrons. The molecule has 0 atom stereocenters. The van der Waals surface area contributed by atoms with E-state index in [4.69, 9.17) is 0 Å². The summed E-state index contributed by atoms with van der Waals surface area (Å²) in [7, 11) is -3.19. The van der Waals surface area contributed by atoms with Crippen molar-refractivity contribution >= 4 is 106 Å². The highest BCUT2D eigenvalue weighted by Gasteiger charge is 2.24. The first-order valence-corrected chi connectivity index (χ1v) is 31.9. The minimum Gasteiger partial charge on any atom is -0.0622 e. The molecule has 0 heterocycles. The maximum Gasteiger partial charge on any atom is -0.00268 e. The Bertz CT molecular complexity index is 3150. The molecule has 12 aromatic rings. The van der Waals surface area contributed by atoms with Crippen LogP contribution in [0.25, 0.3) is 11.1 Å². The van der Waals surface area contributed by atoms with E-state index in [1.165, 1.54) is 97.1 Å². The molecule has 0 unspecified atom stereocenters. The summed E-state index contributed by atoms with van der Waals surface area (Å²) in [6.07, 6.45) is 0. The van der Waals surface area contributed by atoms with Gasteiger partial charge in [-0.2, -0.15) is 0 Å². The van der Waals surface area contributed by atoms with Crippen molar-refractivity contribution in [1.29, 1.82) is 0 Å². The summed E-state index contributed by atoms with van der Waals surface area (Å²) in [5.74, 6) is 0. The van der Waals surface area contributed by atoms with Crippen LogP contribution in [-0.4, -0.2) is 0 Å². The van der Waals surface area contributed by atoms with Gasteiger partial charge in [0.1, 0.15) is 0 Å². The van der Waals surface area contributed by atoms with Crippen molar-refractivity contribution in [2.24, 2.45) is 0 Å². The summed E-state index contributed by atoms with van der Waals surface area (Å²) in [5, 5.41) is 16.0. The van der Waals surface area contributed by atoms with Crippen LogP contribution in [0, 0.1) is 0 Å². The van der Waals surface area contributed by atoms with Gasteiger partial charge in [-0.3, -0.25) is 0 Å². The first-order chi connectivity index (χ1) is 38.7. The zero-order valence-electron chi connectivity index (χ0n) is 43.1. The van der Waals surface area contributed by atoms with Crippen molar-refractivity contribution in [3.05, 3.63) is 362 Å². The van der Waals surface area contributed by atoms with E-state index in [9.17, 15) is 0 Å². The van der Waals surface area contributed by atoms with E-state index in [1.54, 1.807) is 0 Å². The van der Waals surface area contributed by atoms with Crippen molar-refractivity contribution in [1.82, 2.24) is 0 Å². The lowest BCUT2D eigenvalue weighted by molar-refractivity contribution is 1.52. The topological polar surface area (TPSA) is 0 Å². The molecule has 0 aliphatic heterocycles. The zero-order chi connectivity index (χ0) is 52.3. The minimum absolute atomic E-state index is 0.799. The van der Waals surface area contributed by atoms with Gasteiger partial charge >= 0.3 is 0 Å². The smallest absolute Gasteiger partial charge is 0.00268 e. The largest absolute Gasteiger partial charge is 0.0622 e. The van der Waals surface area contributed by atoms with Crippen molar-refractivity contribution in [2.75, 3.05) is 0 Å². The van der Waals surface area contributed by atoms with Gasteiger partial charge in [0.2, 0.25) is 0 Å². The second kappa shape index (κ2) is 24.6. The second-order valence-corrected chi connectivity index (χ2v) is 27.8. The van der Waals surface area contributed by atoms with Crippen LogP contribution < -0.4 is 63.7 Å². The van der Waals surface area contributed by atoms with Crippen LogP contribution in [0.2, 0.25) is 0 Å². The molecule has 0 bridgehead atoms. The molecule has 0 nitrogen and oxygen atoms in total. The van der Waals surface area contributed by atoms with Gasteiger partial charge < -0.3 is 0 Å². The normalized spacial score (nSPS) is 11.3. The minimum atomic E-state index is -0.799. The Morgan fingerprint density at radius 1 is 0.128 bits per heavy atom. The first kappa shape index (κ1) is 50.9. The summed E-state index contributed by atoms with van der Waals surface area (Å²) in [5.41, 5.74) is 7.08. The average Bonchev–Trinajstić information content (AvgIpc) is 3.59. The Kier molecular flexibility index (Phi) is 16.1. The first-order valence-electron chi connectivity index (χ1n) is 26.5. The summed E-state index contributed by atoms with van der Waals surface area (Å²) in [6.45, 7) is 0. The summed E-state index contributed by atoms with van der Waals surface area (Å²) < 4.78 is 0. The predicted molar refractivity (Wildman–Crippen MR) is 346 cm³/mol. The highest BCUT2D eigenvalue weighted by molar-refractivity contribution is 7.81. The quantitative estimate of drug-likeness (QED) is 0.0668. The van der Waals surface area contributed by atoms with Crippen LogP contribution in [-0.2, 0) is 0 Å². The SMILES string of the molecule is c1ccc(P(c2ccccc2)c2ccc(C(=C(c3ccc(P(c4ccccc4)c4ccccc4)cc3)c3ccc(P(c4ccccc4)c4ccccc4)cc3)c3ccc(P(c4ccccc4)c4ccccc4)cc3)cc2)cc1. The molecule has 0 aliphatic carbocycles. The van der Waals surface area contributed by atoms with Gasteiger partial charge in [0.25, 0.3) is 0 Å². The molecule has 4 heteroatoms. The highest BCUT2D eigenvalue weighted by atomic mass is 31.1. The number of hydrogen-bond donors (Lipinski definition) is 0. The van der Waals surface area contributed by atoms with Gasteiger partial charge in [0.05, 0.1) is 0 Å². The third kappa shape index (κ3) is 11.4. The molecule has 0 aliphatic rings. The van der Waals surface area contributed by atoms with Gasteiger partial charge in [-0.1, -0.05) is 340 Å². The summed E-state index contributed by atoms with van der Waals surface area (Å²) in [6, 6.07) is 126. The average molecular weight is 1070 g/mol. The third-order valence-corrected chi connectivity index (χ3v) is 23.8. The Morgan fingerprint density at radius 2 is 0.244 bits per heavy atom. The number of benzene rings is 12. The predicted octanol–water partition coefficient (Wildman–Crippen LogP) is 13.7. The van der Waals surface area contributed by atoms with E-state index in [0.29, 0.717) is 0 Å². The Hall–Kier alpha value is -7.90.